The van der Waals surface area contributed by atoms with Crippen LogP contribution in [0.15, 0.2) is 78.9 Å². The molecule has 0 aliphatic carbocycles. The smallest absolute Gasteiger partial charge is 0.227 e. The second kappa shape index (κ2) is 11.5. The lowest BCUT2D eigenvalue weighted by molar-refractivity contribution is -0.135. The Morgan fingerprint density at radius 2 is 1.71 bits per heavy atom. The van der Waals surface area contributed by atoms with E-state index in [1.807, 2.05) is 54.6 Å². The average molecular weight is 461 g/mol. The number of piperidine rings is 1. The standard InChI is InChI=1S/C28H29FN2O3/c29-24-14-12-21(13-15-24)19-27(32)31-17-6-9-23(20-31)28(33)30-16-18-34-26-11-5-4-10-25(26)22-7-2-1-3-8-22/h1-5,7-8,10-15,23H,6,9,16-20H2,(H,30,33)/t23-/m0/s1. The fraction of sp³-hybridized carbons (Fsp3) is 0.286. The SMILES string of the molecule is O=C(NCCOc1ccccc1-c1ccccc1)[C@H]1CCCN(C(=O)Cc2ccc(F)cc2)C1. The largest absolute Gasteiger partial charge is 0.491 e. The van der Waals surface area contributed by atoms with Gasteiger partial charge < -0.3 is 15.0 Å². The predicted molar refractivity (Wildman–Crippen MR) is 130 cm³/mol. The molecule has 1 N–H and O–H groups in total. The summed E-state index contributed by atoms with van der Waals surface area (Å²) < 4.78 is 19.0. The molecule has 6 heteroatoms. The Kier molecular flexibility index (Phi) is 7.91. The van der Waals surface area contributed by atoms with Crippen LogP contribution in [-0.2, 0) is 16.0 Å². The van der Waals surface area contributed by atoms with E-state index in [9.17, 15) is 14.0 Å². The molecule has 1 saturated heterocycles. The van der Waals surface area contributed by atoms with Crippen molar-refractivity contribution in [2.75, 3.05) is 26.2 Å². The lowest BCUT2D eigenvalue weighted by atomic mass is 9.96. The number of benzene rings is 3. The van der Waals surface area contributed by atoms with Crippen LogP contribution >= 0.6 is 0 Å². The molecule has 2 amide bonds. The van der Waals surface area contributed by atoms with E-state index in [1.165, 1.54) is 12.1 Å². The number of halogens is 1. The van der Waals surface area contributed by atoms with Crippen LogP contribution in [0.3, 0.4) is 0 Å². The molecule has 176 valence electrons. The van der Waals surface area contributed by atoms with Gasteiger partial charge in [-0.1, -0.05) is 60.7 Å². The summed E-state index contributed by atoms with van der Waals surface area (Å²) in [5, 5.41) is 2.95. The molecule has 1 aliphatic heterocycles. The number of rotatable bonds is 8. The monoisotopic (exact) mass is 460 g/mol. The maximum Gasteiger partial charge on any atom is 0.227 e. The summed E-state index contributed by atoms with van der Waals surface area (Å²) in [5.74, 6) is 0.128. The minimum absolute atomic E-state index is 0.0371. The Morgan fingerprint density at radius 3 is 2.50 bits per heavy atom. The minimum atomic E-state index is -0.321. The fourth-order valence-electron chi connectivity index (χ4n) is 4.23. The highest BCUT2D eigenvalue weighted by Crippen LogP contribution is 2.29. The maximum atomic E-state index is 13.1. The first-order valence-corrected chi connectivity index (χ1v) is 11.7. The molecule has 0 bridgehead atoms. The van der Waals surface area contributed by atoms with E-state index >= 15 is 0 Å². The van der Waals surface area contributed by atoms with Crippen molar-refractivity contribution < 1.29 is 18.7 Å². The number of hydrogen-bond acceptors (Lipinski definition) is 3. The highest BCUT2D eigenvalue weighted by molar-refractivity contribution is 5.82. The molecule has 0 saturated carbocycles. The summed E-state index contributed by atoms with van der Waals surface area (Å²) in [6.07, 6.45) is 1.75. The van der Waals surface area contributed by atoms with Gasteiger partial charge in [0.2, 0.25) is 11.8 Å². The molecular weight excluding hydrogens is 431 g/mol. The second-order valence-corrected chi connectivity index (χ2v) is 8.48. The van der Waals surface area contributed by atoms with Crippen LogP contribution in [-0.4, -0.2) is 43.0 Å². The highest BCUT2D eigenvalue weighted by atomic mass is 19.1. The zero-order chi connectivity index (χ0) is 23.8. The molecule has 1 heterocycles. The van der Waals surface area contributed by atoms with Crippen molar-refractivity contribution in [3.63, 3.8) is 0 Å². The van der Waals surface area contributed by atoms with Crippen molar-refractivity contribution in [1.29, 1.82) is 0 Å². The molecule has 0 radical (unpaired) electrons. The summed E-state index contributed by atoms with van der Waals surface area (Å²) in [6, 6.07) is 23.8. The molecule has 0 unspecified atom stereocenters. The van der Waals surface area contributed by atoms with Gasteiger partial charge in [-0.3, -0.25) is 9.59 Å². The van der Waals surface area contributed by atoms with Crippen LogP contribution in [0.5, 0.6) is 5.75 Å². The summed E-state index contributed by atoms with van der Waals surface area (Å²) in [7, 11) is 0. The fourth-order valence-corrected chi connectivity index (χ4v) is 4.23. The summed E-state index contributed by atoms with van der Waals surface area (Å²) >= 11 is 0. The zero-order valence-electron chi connectivity index (χ0n) is 19.1. The molecular formula is C28H29FN2O3. The summed E-state index contributed by atoms with van der Waals surface area (Å²) in [5.41, 5.74) is 2.86. The van der Waals surface area contributed by atoms with Gasteiger partial charge in [-0.15, -0.1) is 0 Å². The van der Waals surface area contributed by atoms with E-state index < -0.39 is 0 Å². The quantitative estimate of drug-likeness (QED) is 0.505. The zero-order valence-corrected chi connectivity index (χ0v) is 19.1. The number of ether oxygens (including phenoxy) is 1. The number of carbonyl (C=O) groups excluding carboxylic acids is 2. The van der Waals surface area contributed by atoms with E-state index in [1.54, 1.807) is 17.0 Å². The lowest BCUT2D eigenvalue weighted by Gasteiger charge is -2.32. The number of nitrogens with zero attached hydrogens (tertiary/aromatic N) is 1. The molecule has 5 nitrogen and oxygen atoms in total. The average Bonchev–Trinajstić information content (AvgIpc) is 2.88. The first-order valence-electron chi connectivity index (χ1n) is 11.7. The van der Waals surface area contributed by atoms with E-state index in [2.05, 4.69) is 5.32 Å². The Labute approximate surface area is 199 Å². The van der Waals surface area contributed by atoms with Crippen molar-refractivity contribution in [2.24, 2.45) is 5.92 Å². The van der Waals surface area contributed by atoms with Crippen molar-refractivity contribution in [3.05, 3.63) is 90.2 Å². The first-order chi connectivity index (χ1) is 16.6. The van der Waals surface area contributed by atoms with Gasteiger partial charge in [0.1, 0.15) is 18.2 Å². The van der Waals surface area contributed by atoms with Gasteiger partial charge in [-0.05, 0) is 42.2 Å². The van der Waals surface area contributed by atoms with E-state index in [4.69, 9.17) is 4.74 Å². The van der Waals surface area contributed by atoms with Gasteiger partial charge in [0.15, 0.2) is 0 Å². The summed E-state index contributed by atoms with van der Waals surface area (Å²) in [4.78, 5) is 27.1. The molecule has 4 rings (SSSR count). The van der Waals surface area contributed by atoms with Gasteiger partial charge in [0, 0.05) is 18.7 Å². The van der Waals surface area contributed by atoms with E-state index in [-0.39, 0.29) is 30.0 Å². The van der Waals surface area contributed by atoms with Crippen molar-refractivity contribution in [3.8, 4) is 16.9 Å². The Balaban J connectivity index is 1.24. The van der Waals surface area contributed by atoms with E-state index in [0.29, 0.717) is 26.2 Å². The Morgan fingerprint density at radius 1 is 0.971 bits per heavy atom. The normalized spacial score (nSPS) is 15.6. The third-order valence-corrected chi connectivity index (χ3v) is 6.04. The number of carbonyl (C=O) groups is 2. The number of hydrogen-bond donors (Lipinski definition) is 1. The number of nitrogens with one attached hydrogen (secondary N) is 1. The second-order valence-electron chi connectivity index (χ2n) is 8.48. The minimum Gasteiger partial charge on any atom is -0.491 e. The van der Waals surface area contributed by atoms with Crippen LogP contribution in [0.25, 0.3) is 11.1 Å². The molecule has 3 aromatic carbocycles. The van der Waals surface area contributed by atoms with Crippen LogP contribution < -0.4 is 10.1 Å². The Hall–Kier alpha value is -3.67. The van der Waals surface area contributed by atoms with Crippen molar-refractivity contribution >= 4 is 11.8 Å². The third-order valence-electron chi connectivity index (χ3n) is 6.04. The molecule has 0 aromatic heterocycles. The topological polar surface area (TPSA) is 58.6 Å². The van der Waals surface area contributed by atoms with Crippen LogP contribution in [0.4, 0.5) is 4.39 Å². The number of likely N-dealkylation sites (tertiary alicyclic amines) is 1. The summed E-state index contributed by atoms with van der Waals surface area (Å²) in [6.45, 7) is 1.80. The van der Waals surface area contributed by atoms with Gasteiger partial charge in [0.05, 0.1) is 18.9 Å². The van der Waals surface area contributed by atoms with Crippen LogP contribution in [0, 0.1) is 11.7 Å². The number of amides is 2. The van der Waals surface area contributed by atoms with E-state index in [0.717, 1.165) is 35.3 Å². The third kappa shape index (κ3) is 6.22. The molecule has 34 heavy (non-hydrogen) atoms. The first kappa shape index (κ1) is 23.5. The molecule has 1 fully saturated rings. The van der Waals surface area contributed by atoms with Crippen molar-refractivity contribution in [1.82, 2.24) is 10.2 Å². The molecule has 1 atom stereocenters. The molecule has 3 aromatic rings. The predicted octanol–water partition coefficient (Wildman–Crippen LogP) is 4.47. The maximum absolute atomic E-state index is 13.1. The number of para-hydroxylation sites is 1. The van der Waals surface area contributed by atoms with Gasteiger partial charge in [-0.2, -0.15) is 0 Å². The van der Waals surface area contributed by atoms with Crippen LogP contribution in [0.1, 0.15) is 18.4 Å². The molecule has 1 aliphatic rings. The van der Waals surface area contributed by atoms with Gasteiger partial charge in [-0.25, -0.2) is 4.39 Å². The highest BCUT2D eigenvalue weighted by Gasteiger charge is 2.28. The molecule has 0 spiro atoms. The van der Waals surface area contributed by atoms with Crippen LogP contribution in [0.2, 0.25) is 0 Å². The van der Waals surface area contributed by atoms with Crippen molar-refractivity contribution in [2.45, 2.75) is 19.3 Å². The van der Waals surface area contributed by atoms with Gasteiger partial charge >= 0.3 is 0 Å². The Bertz CT molecular complexity index is 1100. The lowest BCUT2D eigenvalue weighted by Crippen LogP contribution is -2.46. The van der Waals surface area contributed by atoms with Gasteiger partial charge in [0.25, 0.3) is 0 Å².